The molecule has 36 heavy (non-hydrogen) atoms. The minimum Gasteiger partial charge on any atom is -0.491 e. The van der Waals surface area contributed by atoms with E-state index in [4.69, 9.17) is 14.2 Å². The van der Waals surface area contributed by atoms with Gasteiger partial charge in [0.1, 0.15) is 18.5 Å². The summed E-state index contributed by atoms with van der Waals surface area (Å²) in [5.74, 6) is 1.80. The van der Waals surface area contributed by atoms with Gasteiger partial charge in [0.05, 0.1) is 0 Å². The van der Waals surface area contributed by atoms with Crippen LogP contribution in [-0.2, 0) is 0 Å². The minimum atomic E-state index is -0.630. The Hall–Kier alpha value is -3.62. The second kappa shape index (κ2) is 9.44. The molecule has 8 heteroatoms. The molecule has 0 spiro atoms. The summed E-state index contributed by atoms with van der Waals surface area (Å²) in [5.41, 5.74) is 1.21. The molecule has 1 fully saturated rings. The Kier molecular flexibility index (Phi) is 5.99. The number of benzene rings is 3. The standard InChI is InChI=1S/C28H28N2O6/c31-20(16-34-21-7-8-24-25(13-21)36-17-35-24)15-29-11-9-18(10-12-29)14-30-27(32)22-5-1-3-19-4-2-6-23(26(19)22)28(30)33/h1-8,13,18,20,31H,9-12,14-17H2/t20-/m1/s1. The highest BCUT2D eigenvalue weighted by Crippen LogP contribution is 2.35. The highest BCUT2D eigenvalue weighted by Gasteiger charge is 2.35. The van der Waals surface area contributed by atoms with E-state index in [1.54, 1.807) is 18.2 Å². The van der Waals surface area contributed by atoms with Crippen LogP contribution in [0.15, 0.2) is 54.6 Å². The van der Waals surface area contributed by atoms with Crippen molar-refractivity contribution in [3.05, 3.63) is 65.7 Å². The van der Waals surface area contributed by atoms with Gasteiger partial charge in [-0.05, 0) is 61.5 Å². The molecule has 6 rings (SSSR count). The molecule has 3 aliphatic rings. The number of piperidine rings is 1. The zero-order valence-corrected chi connectivity index (χ0v) is 19.9. The molecule has 2 amide bonds. The number of imide groups is 1. The lowest BCUT2D eigenvalue weighted by Gasteiger charge is -2.36. The molecule has 0 saturated carbocycles. The van der Waals surface area contributed by atoms with Gasteiger partial charge in [-0.25, -0.2) is 0 Å². The monoisotopic (exact) mass is 488 g/mol. The molecule has 3 aliphatic heterocycles. The summed E-state index contributed by atoms with van der Waals surface area (Å²) in [6.07, 6.45) is 1.09. The Balaban J connectivity index is 1.01. The number of likely N-dealkylation sites (tertiary alicyclic amines) is 1. The molecular weight excluding hydrogens is 460 g/mol. The number of hydrogen-bond donors (Lipinski definition) is 1. The maximum Gasteiger partial charge on any atom is 0.261 e. The largest absolute Gasteiger partial charge is 0.491 e. The SMILES string of the molecule is O=C1c2cccc3cccc(c23)C(=O)N1CC1CCN(C[C@@H](O)COc2ccc3c(c2)OCO3)CC1. The fourth-order valence-corrected chi connectivity index (χ4v) is 5.37. The van der Waals surface area contributed by atoms with Crippen molar-refractivity contribution in [1.29, 1.82) is 0 Å². The first-order valence-electron chi connectivity index (χ1n) is 12.4. The Morgan fingerprint density at radius 2 is 1.64 bits per heavy atom. The molecule has 3 aromatic rings. The van der Waals surface area contributed by atoms with E-state index in [-0.39, 0.29) is 31.1 Å². The van der Waals surface area contributed by atoms with E-state index in [1.165, 1.54) is 4.90 Å². The number of fused-ring (bicyclic) bond motifs is 1. The Bertz CT molecular complexity index is 1270. The van der Waals surface area contributed by atoms with Gasteiger partial charge in [0.25, 0.3) is 11.8 Å². The van der Waals surface area contributed by atoms with Gasteiger partial charge in [-0.1, -0.05) is 24.3 Å². The van der Waals surface area contributed by atoms with Crippen LogP contribution in [0.3, 0.4) is 0 Å². The van der Waals surface area contributed by atoms with Gasteiger partial charge in [0.2, 0.25) is 6.79 Å². The van der Waals surface area contributed by atoms with Crippen LogP contribution in [-0.4, -0.2) is 72.4 Å². The number of nitrogens with zero attached hydrogens (tertiary/aromatic N) is 2. The summed E-state index contributed by atoms with van der Waals surface area (Å²) in [4.78, 5) is 30.0. The summed E-state index contributed by atoms with van der Waals surface area (Å²) in [5, 5.41) is 12.2. The van der Waals surface area contributed by atoms with Gasteiger partial charge >= 0.3 is 0 Å². The predicted molar refractivity (Wildman–Crippen MR) is 133 cm³/mol. The fraction of sp³-hybridized carbons (Fsp3) is 0.357. The summed E-state index contributed by atoms with van der Waals surface area (Å²) in [6, 6.07) is 16.6. The molecule has 0 aromatic heterocycles. The van der Waals surface area contributed by atoms with Gasteiger partial charge in [0, 0.05) is 35.7 Å². The maximum absolute atomic E-state index is 13.2. The number of ether oxygens (including phenoxy) is 3. The minimum absolute atomic E-state index is 0.182. The van der Waals surface area contributed by atoms with Crippen molar-refractivity contribution >= 4 is 22.6 Å². The smallest absolute Gasteiger partial charge is 0.261 e. The number of β-amino-alcohol motifs (C(OH)–C–C–N with tert-alkyl or cyclic N) is 1. The van der Waals surface area contributed by atoms with Crippen LogP contribution in [0.5, 0.6) is 17.2 Å². The quantitative estimate of drug-likeness (QED) is 0.511. The van der Waals surface area contributed by atoms with E-state index in [9.17, 15) is 14.7 Å². The number of aliphatic hydroxyl groups excluding tert-OH is 1. The van der Waals surface area contributed by atoms with E-state index < -0.39 is 6.10 Å². The van der Waals surface area contributed by atoms with Gasteiger partial charge in [0.15, 0.2) is 11.5 Å². The summed E-state index contributed by atoms with van der Waals surface area (Å²) in [6.45, 7) is 2.92. The van der Waals surface area contributed by atoms with Crippen LogP contribution in [0.1, 0.15) is 33.6 Å². The first-order chi connectivity index (χ1) is 17.6. The number of carbonyl (C=O) groups excluding carboxylic acids is 2. The second-order valence-corrected chi connectivity index (χ2v) is 9.65. The van der Waals surface area contributed by atoms with Crippen LogP contribution in [0.25, 0.3) is 10.8 Å². The molecule has 1 N–H and O–H groups in total. The van der Waals surface area contributed by atoms with Gasteiger partial charge in [-0.3, -0.25) is 14.5 Å². The topological polar surface area (TPSA) is 88.5 Å². The van der Waals surface area contributed by atoms with Gasteiger partial charge < -0.3 is 24.2 Å². The van der Waals surface area contributed by atoms with Crippen LogP contribution in [0.2, 0.25) is 0 Å². The highest BCUT2D eigenvalue weighted by molar-refractivity contribution is 6.25. The van der Waals surface area contributed by atoms with Crippen molar-refractivity contribution < 1.29 is 28.9 Å². The highest BCUT2D eigenvalue weighted by atomic mass is 16.7. The van der Waals surface area contributed by atoms with Crippen molar-refractivity contribution in [2.75, 3.05) is 39.6 Å². The average Bonchev–Trinajstić information content (AvgIpc) is 3.37. The number of amides is 2. The molecular formula is C28H28N2O6. The average molecular weight is 489 g/mol. The fourth-order valence-electron chi connectivity index (χ4n) is 5.37. The number of hydrogen-bond acceptors (Lipinski definition) is 7. The molecule has 186 valence electrons. The van der Waals surface area contributed by atoms with E-state index in [1.807, 2.05) is 36.4 Å². The van der Waals surface area contributed by atoms with Gasteiger partial charge in [-0.2, -0.15) is 0 Å². The number of aliphatic hydroxyl groups is 1. The second-order valence-electron chi connectivity index (χ2n) is 9.65. The Morgan fingerprint density at radius 3 is 2.36 bits per heavy atom. The third-order valence-corrected chi connectivity index (χ3v) is 7.26. The molecule has 0 aliphatic carbocycles. The summed E-state index contributed by atoms with van der Waals surface area (Å²) >= 11 is 0. The van der Waals surface area contributed by atoms with Crippen molar-refractivity contribution in [1.82, 2.24) is 9.80 Å². The first-order valence-corrected chi connectivity index (χ1v) is 12.4. The van der Waals surface area contributed by atoms with Gasteiger partial charge in [-0.15, -0.1) is 0 Å². The number of rotatable bonds is 7. The van der Waals surface area contributed by atoms with Crippen molar-refractivity contribution in [3.63, 3.8) is 0 Å². The molecule has 0 bridgehead atoms. The lowest BCUT2D eigenvalue weighted by molar-refractivity contribution is 0.0453. The molecule has 0 radical (unpaired) electrons. The van der Waals surface area contributed by atoms with Crippen LogP contribution >= 0.6 is 0 Å². The molecule has 1 atom stereocenters. The van der Waals surface area contributed by atoms with Crippen molar-refractivity contribution in [2.45, 2.75) is 18.9 Å². The third-order valence-electron chi connectivity index (χ3n) is 7.26. The van der Waals surface area contributed by atoms with Crippen LogP contribution < -0.4 is 14.2 Å². The van der Waals surface area contributed by atoms with E-state index >= 15 is 0 Å². The molecule has 8 nitrogen and oxygen atoms in total. The predicted octanol–water partition coefficient (Wildman–Crippen LogP) is 3.32. The summed E-state index contributed by atoms with van der Waals surface area (Å²) < 4.78 is 16.4. The van der Waals surface area contributed by atoms with Crippen LogP contribution in [0, 0.1) is 5.92 Å². The first kappa shape index (κ1) is 22.8. The van der Waals surface area contributed by atoms with E-state index in [0.717, 1.165) is 36.7 Å². The third kappa shape index (κ3) is 4.27. The zero-order chi connectivity index (χ0) is 24.6. The maximum atomic E-state index is 13.2. The Labute approximate surface area is 209 Å². The molecule has 1 saturated heterocycles. The Morgan fingerprint density at radius 1 is 0.944 bits per heavy atom. The normalized spacial score (nSPS) is 18.6. The summed E-state index contributed by atoms with van der Waals surface area (Å²) in [7, 11) is 0. The van der Waals surface area contributed by atoms with Crippen LogP contribution in [0.4, 0.5) is 0 Å². The van der Waals surface area contributed by atoms with E-state index in [0.29, 0.717) is 41.5 Å². The van der Waals surface area contributed by atoms with E-state index in [2.05, 4.69) is 4.90 Å². The molecule has 3 heterocycles. The zero-order valence-electron chi connectivity index (χ0n) is 19.9. The lowest BCUT2D eigenvalue weighted by atomic mass is 9.91. The lowest BCUT2D eigenvalue weighted by Crippen LogP contribution is -2.46. The molecule has 0 unspecified atom stereocenters. The number of carbonyl (C=O) groups is 2. The van der Waals surface area contributed by atoms with Crippen molar-refractivity contribution in [2.24, 2.45) is 5.92 Å². The molecule has 3 aromatic carbocycles. The van der Waals surface area contributed by atoms with Crippen molar-refractivity contribution in [3.8, 4) is 17.2 Å².